The van der Waals surface area contributed by atoms with Crippen molar-refractivity contribution in [3.8, 4) is 0 Å². The molecule has 3 heteroatoms. The van der Waals surface area contributed by atoms with Crippen LogP contribution in [0.15, 0.2) is 24.3 Å². The van der Waals surface area contributed by atoms with Crippen molar-refractivity contribution < 1.29 is 0 Å². The fraction of sp³-hybridized carbons (Fsp3) is 0.417. The molecule has 3 nitrogen and oxygen atoms in total. The van der Waals surface area contributed by atoms with Crippen LogP contribution in [0.2, 0.25) is 0 Å². The van der Waals surface area contributed by atoms with Crippen molar-refractivity contribution in [3.05, 3.63) is 29.8 Å². The SMILES string of the molecule is CCCCN(C)c1ccc(C(=N)N)cc1. The van der Waals surface area contributed by atoms with Crippen LogP contribution in [0.1, 0.15) is 25.3 Å². The van der Waals surface area contributed by atoms with Crippen molar-refractivity contribution in [1.82, 2.24) is 0 Å². The zero-order chi connectivity index (χ0) is 11.3. The number of nitrogens with one attached hydrogen (secondary N) is 1. The average molecular weight is 205 g/mol. The van der Waals surface area contributed by atoms with Crippen LogP contribution in [0.3, 0.4) is 0 Å². The lowest BCUT2D eigenvalue weighted by Gasteiger charge is -2.19. The maximum Gasteiger partial charge on any atom is 0.122 e. The molecule has 0 heterocycles. The molecule has 0 atom stereocenters. The molecule has 1 rings (SSSR count). The van der Waals surface area contributed by atoms with E-state index in [-0.39, 0.29) is 5.84 Å². The number of nitrogen functional groups attached to an aromatic ring is 1. The predicted molar refractivity (Wildman–Crippen MR) is 65.6 cm³/mol. The molecule has 0 aliphatic carbocycles. The summed E-state index contributed by atoms with van der Waals surface area (Å²) in [4.78, 5) is 2.22. The van der Waals surface area contributed by atoms with Crippen LogP contribution < -0.4 is 10.6 Å². The molecule has 0 radical (unpaired) electrons. The summed E-state index contributed by atoms with van der Waals surface area (Å²) in [5.74, 6) is 0.123. The van der Waals surface area contributed by atoms with E-state index in [1.165, 1.54) is 18.5 Å². The summed E-state index contributed by atoms with van der Waals surface area (Å²) >= 11 is 0. The quantitative estimate of drug-likeness (QED) is 0.572. The lowest BCUT2D eigenvalue weighted by Crippen LogP contribution is -2.18. The molecular weight excluding hydrogens is 186 g/mol. The van der Waals surface area contributed by atoms with E-state index < -0.39 is 0 Å². The first kappa shape index (κ1) is 11.6. The largest absolute Gasteiger partial charge is 0.384 e. The van der Waals surface area contributed by atoms with Gasteiger partial charge in [0.25, 0.3) is 0 Å². The van der Waals surface area contributed by atoms with Crippen molar-refractivity contribution in [2.45, 2.75) is 19.8 Å². The van der Waals surface area contributed by atoms with Gasteiger partial charge in [-0.3, -0.25) is 5.41 Å². The normalized spacial score (nSPS) is 10.0. The van der Waals surface area contributed by atoms with Crippen molar-refractivity contribution >= 4 is 11.5 Å². The number of rotatable bonds is 5. The number of nitrogens with two attached hydrogens (primary N) is 1. The molecule has 0 aliphatic rings. The Morgan fingerprint density at radius 2 is 1.93 bits per heavy atom. The molecule has 0 amide bonds. The van der Waals surface area contributed by atoms with Crippen LogP contribution in [0, 0.1) is 5.41 Å². The lowest BCUT2D eigenvalue weighted by molar-refractivity contribution is 0.767. The maximum absolute atomic E-state index is 7.29. The number of hydrogen-bond acceptors (Lipinski definition) is 2. The summed E-state index contributed by atoms with van der Waals surface area (Å²) in [6.45, 7) is 3.25. The van der Waals surface area contributed by atoms with E-state index in [4.69, 9.17) is 11.1 Å². The fourth-order valence-electron chi connectivity index (χ4n) is 1.42. The minimum atomic E-state index is 0.123. The number of nitrogens with zero attached hydrogens (tertiary/aromatic N) is 1. The van der Waals surface area contributed by atoms with Gasteiger partial charge in [-0.15, -0.1) is 0 Å². The molecule has 15 heavy (non-hydrogen) atoms. The fourth-order valence-corrected chi connectivity index (χ4v) is 1.42. The molecule has 3 N–H and O–H groups in total. The molecule has 0 fully saturated rings. The Bertz CT molecular complexity index is 316. The summed E-state index contributed by atoms with van der Waals surface area (Å²) < 4.78 is 0. The van der Waals surface area contributed by atoms with Gasteiger partial charge in [0, 0.05) is 24.8 Å². The van der Waals surface area contributed by atoms with Gasteiger partial charge in [0.1, 0.15) is 5.84 Å². The van der Waals surface area contributed by atoms with Crippen molar-refractivity contribution in [2.75, 3.05) is 18.5 Å². The third-order valence-corrected chi connectivity index (χ3v) is 2.47. The molecule has 0 bridgehead atoms. The molecule has 0 saturated carbocycles. The summed E-state index contributed by atoms with van der Waals surface area (Å²) in [5.41, 5.74) is 7.34. The Labute approximate surface area is 91.4 Å². The van der Waals surface area contributed by atoms with E-state index in [9.17, 15) is 0 Å². The van der Waals surface area contributed by atoms with E-state index >= 15 is 0 Å². The van der Waals surface area contributed by atoms with Crippen LogP contribution in [0.5, 0.6) is 0 Å². The molecule has 0 unspecified atom stereocenters. The minimum absolute atomic E-state index is 0.123. The Hall–Kier alpha value is -1.51. The van der Waals surface area contributed by atoms with Gasteiger partial charge in [0.2, 0.25) is 0 Å². The maximum atomic E-state index is 7.29. The highest BCUT2D eigenvalue weighted by molar-refractivity contribution is 5.95. The van der Waals surface area contributed by atoms with E-state index in [1.807, 2.05) is 24.3 Å². The Morgan fingerprint density at radius 1 is 1.33 bits per heavy atom. The molecule has 0 spiro atoms. The van der Waals surface area contributed by atoms with Crippen LogP contribution in [0.4, 0.5) is 5.69 Å². The summed E-state index contributed by atoms with van der Waals surface area (Å²) in [5, 5.41) is 7.29. The van der Waals surface area contributed by atoms with Crippen LogP contribution in [-0.4, -0.2) is 19.4 Å². The number of anilines is 1. The topological polar surface area (TPSA) is 53.1 Å². The van der Waals surface area contributed by atoms with Gasteiger partial charge in [-0.2, -0.15) is 0 Å². The van der Waals surface area contributed by atoms with Gasteiger partial charge in [0.15, 0.2) is 0 Å². The number of benzene rings is 1. The second-order valence-electron chi connectivity index (χ2n) is 3.74. The highest BCUT2D eigenvalue weighted by Gasteiger charge is 2.01. The van der Waals surface area contributed by atoms with Crippen molar-refractivity contribution in [2.24, 2.45) is 5.73 Å². The van der Waals surface area contributed by atoms with E-state index in [1.54, 1.807) is 0 Å². The van der Waals surface area contributed by atoms with Gasteiger partial charge in [0.05, 0.1) is 0 Å². The predicted octanol–water partition coefficient (Wildman–Crippen LogP) is 2.21. The van der Waals surface area contributed by atoms with Gasteiger partial charge < -0.3 is 10.6 Å². The third-order valence-electron chi connectivity index (χ3n) is 2.47. The molecule has 0 aromatic heterocycles. The molecular formula is C12H19N3. The second kappa shape index (κ2) is 5.39. The molecule has 0 aliphatic heterocycles. The molecule has 0 saturated heterocycles. The van der Waals surface area contributed by atoms with E-state index in [2.05, 4.69) is 18.9 Å². The second-order valence-corrected chi connectivity index (χ2v) is 3.74. The van der Waals surface area contributed by atoms with Gasteiger partial charge >= 0.3 is 0 Å². The Kier molecular flexibility index (Phi) is 4.16. The van der Waals surface area contributed by atoms with Gasteiger partial charge in [-0.25, -0.2) is 0 Å². The van der Waals surface area contributed by atoms with E-state index in [0.717, 1.165) is 12.1 Å². The van der Waals surface area contributed by atoms with Gasteiger partial charge in [-0.05, 0) is 30.7 Å². The van der Waals surface area contributed by atoms with Crippen molar-refractivity contribution in [3.63, 3.8) is 0 Å². The number of hydrogen-bond donors (Lipinski definition) is 2. The van der Waals surface area contributed by atoms with Crippen LogP contribution >= 0.6 is 0 Å². The number of amidine groups is 1. The van der Waals surface area contributed by atoms with Crippen LogP contribution in [-0.2, 0) is 0 Å². The minimum Gasteiger partial charge on any atom is -0.384 e. The van der Waals surface area contributed by atoms with Crippen LogP contribution in [0.25, 0.3) is 0 Å². The van der Waals surface area contributed by atoms with Gasteiger partial charge in [-0.1, -0.05) is 13.3 Å². The molecule has 82 valence electrons. The first-order chi connectivity index (χ1) is 7.15. The zero-order valence-corrected chi connectivity index (χ0v) is 9.46. The average Bonchev–Trinajstić information content (AvgIpc) is 2.26. The highest BCUT2D eigenvalue weighted by atomic mass is 15.1. The monoisotopic (exact) mass is 205 g/mol. The standard InChI is InChI=1S/C12H19N3/c1-3-4-9-15(2)11-7-5-10(6-8-11)12(13)14/h5-8H,3-4,9H2,1-2H3,(H3,13,14). The summed E-state index contributed by atoms with van der Waals surface area (Å²) in [7, 11) is 2.08. The van der Waals surface area contributed by atoms with Crippen molar-refractivity contribution in [1.29, 1.82) is 5.41 Å². The first-order valence-electron chi connectivity index (χ1n) is 5.30. The lowest BCUT2D eigenvalue weighted by atomic mass is 10.2. The molecule has 1 aromatic rings. The Balaban J connectivity index is 2.66. The summed E-state index contributed by atoms with van der Waals surface area (Å²) in [6, 6.07) is 7.79. The third kappa shape index (κ3) is 3.27. The smallest absolute Gasteiger partial charge is 0.122 e. The Morgan fingerprint density at radius 3 is 2.40 bits per heavy atom. The number of unbranched alkanes of at least 4 members (excludes halogenated alkanes) is 1. The summed E-state index contributed by atoms with van der Waals surface area (Å²) in [6.07, 6.45) is 2.40. The zero-order valence-electron chi connectivity index (χ0n) is 9.46. The highest BCUT2D eigenvalue weighted by Crippen LogP contribution is 2.13. The first-order valence-corrected chi connectivity index (χ1v) is 5.30. The van der Waals surface area contributed by atoms with E-state index in [0.29, 0.717) is 0 Å². The molecule has 1 aromatic carbocycles.